The highest BCUT2D eigenvalue weighted by atomic mass is 32.1. The second-order valence-corrected chi connectivity index (χ2v) is 15.5. The van der Waals surface area contributed by atoms with Crippen molar-refractivity contribution in [2.75, 3.05) is 0 Å². The highest BCUT2D eigenvalue weighted by Gasteiger charge is 2.18. The van der Waals surface area contributed by atoms with Gasteiger partial charge in [-0.15, -0.1) is 11.3 Å². The third-order valence-corrected chi connectivity index (χ3v) is 12.5. The van der Waals surface area contributed by atoms with E-state index in [1.54, 1.807) is 0 Å². The van der Waals surface area contributed by atoms with Crippen LogP contribution in [-0.2, 0) is 0 Å². The van der Waals surface area contributed by atoms with E-state index in [2.05, 4.69) is 182 Å². The fraction of sp³-hybridized carbons (Fsp3) is 0. The summed E-state index contributed by atoms with van der Waals surface area (Å²) in [5.74, 6) is 0. The number of benzene rings is 10. The van der Waals surface area contributed by atoms with E-state index >= 15 is 0 Å². The van der Waals surface area contributed by atoms with Gasteiger partial charge in [0.05, 0.1) is 0 Å². The van der Waals surface area contributed by atoms with Gasteiger partial charge in [0.1, 0.15) is 11.2 Å². The van der Waals surface area contributed by atoms with Crippen molar-refractivity contribution in [2.45, 2.75) is 0 Å². The molecule has 12 aromatic rings. The molecule has 0 spiro atoms. The Balaban J connectivity index is 1.01. The maximum absolute atomic E-state index is 6.54. The van der Waals surface area contributed by atoms with Crippen LogP contribution in [0.1, 0.15) is 0 Å². The summed E-state index contributed by atoms with van der Waals surface area (Å²) in [4.78, 5) is 0. The molecule has 0 aliphatic heterocycles. The smallest absolute Gasteiger partial charge is 0.143 e. The zero-order chi connectivity index (χ0) is 35.3. The second-order valence-electron chi connectivity index (χ2n) is 14.4. The summed E-state index contributed by atoms with van der Waals surface area (Å²) in [6.45, 7) is 0. The van der Waals surface area contributed by atoms with Gasteiger partial charge in [-0.1, -0.05) is 146 Å². The van der Waals surface area contributed by atoms with E-state index in [-0.39, 0.29) is 0 Å². The Morgan fingerprint density at radius 2 is 0.852 bits per heavy atom. The normalized spacial score (nSPS) is 12.1. The van der Waals surface area contributed by atoms with E-state index in [0.717, 1.165) is 16.6 Å². The number of hydrogen-bond acceptors (Lipinski definition) is 2. The lowest BCUT2D eigenvalue weighted by Crippen LogP contribution is -1.91. The monoisotopic (exact) mass is 702 g/mol. The molecule has 0 saturated carbocycles. The van der Waals surface area contributed by atoms with Crippen molar-refractivity contribution < 1.29 is 4.42 Å². The zero-order valence-corrected chi connectivity index (χ0v) is 30.0. The molecule has 0 N–H and O–H groups in total. The van der Waals surface area contributed by atoms with Crippen molar-refractivity contribution in [3.8, 4) is 33.4 Å². The summed E-state index contributed by atoms with van der Waals surface area (Å²) in [6.07, 6.45) is 0. The van der Waals surface area contributed by atoms with Gasteiger partial charge in [0.15, 0.2) is 0 Å². The molecule has 2 heterocycles. The minimum atomic E-state index is 0.944. The van der Waals surface area contributed by atoms with Crippen LogP contribution in [0.25, 0.3) is 119 Å². The standard InChI is InChI=1S/C52H30OS/c1-2-12-33-26-37(21-20-31(33)10-1)51-42-18-7-5-16-40(42)50(41-17-6-8-19-43(41)51)36-14-9-13-34(27-36)35-23-24-39-46-29-45-44-25-22-32-11-3-4-15-38(32)52(44)53-47(45)30-49(46)54-48(39)28-35/h1-30H. The molecule has 54 heavy (non-hydrogen) atoms. The van der Waals surface area contributed by atoms with Crippen LogP contribution < -0.4 is 0 Å². The molecule has 12 rings (SSSR count). The Morgan fingerprint density at radius 1 is 0.296 bits per heavy atom. The van der Waals surface area contributed by atoms with Gasteiger partial charge in [0.2, 0.25) is 0 Å². The highest BCUT2D eigenvalue weighted by Crippen LogP contribution is 2.46. The van der Waals surface area contributed by atoms with Gasteiger partial charge in [-0.2, -0.15) is 0 Å². The summed E-state index contributed by atoms with van der Waals surface area (Å²) in [6, 6.07) is 66.9. The van der Waals surface area contributed by atoms with Crippen molar-refractivity contribution in [3.05, 3.63) is 182 Å². The summed E-state index contributed by atoms with van der Waals surface area (Å²) < 4.78 is 9.06. The lowest BCUT2D eigenvalue weighted by molar-refractivity contribution is 0.673. The van der Waals surface area contributed by atoms with Crippen LogP contribution in [0.15, 0.2) is 186 Å². The van der Waals surface area contributed by atoms with Gasteiger partial charge in [-0.3, -0.25) is 0 Å². The number of hydrogen-bond donors (Lipinski definition) is 0. The summed E-state index contributed by atoms with van der Waals surface area (Å²) >= 11 is 1.84. The quantitative estimate of drug-likeness (QED) is 0.167. The number of furan rings is 1. The third kappa shape index (κ3) is 4.38. The third-order valence-electron chi connectivity index (χ3n) is 11.4. The van der Waals surface area contributed by atoms with Crippen LogP contribution in [0.3, 0.4) is 0 Å². The van der Waals surface area contributed by atoms with E-state index in [1.165, 1.54) is 102 Å². The van der Waals surface area contributed by atoms with Gasteiger partial charge in [-0.25, -0.2) is 0 Å². The minimum Gasteiger partial charge on any atom is -0.455 e. The molecule has 0 unspecified atom stereocenters. The summed E-state index contributed by atoms with van der Waals surface area (Å²) in [7, 11) is 0. The predicted octanol–water partition coefficient (Wildman–Crippen LogP) is 15.6. The first kappa shape index (κ1) is 29.8. The molecule has 0 radical (unpaired) electrons. The van der Waals surface area contributed by atoms with Gasteiger partial charge in [0.25, 0.3) is 0 Å². The van der Waals surface area contributed by atoms with Gasteiger partial charge in [-0.05, 0) is 107 Å². The van der Waals surface area contributed by atoms with Crippen LogP contribution >= 0.6 is 11.3 Å². The fourth-order valence-electron chi connectivity index (χ4n) is 8.90. The van der Waals surface area contributed by atoms with E-state index in [0.29, 0.717) is 0 Å². The van der Waals surface area contributed by atoms with Crippen molar-refractivity contribution in [1.29, 1.82) is 0 Å². The lowest BCUT2D eigenvalue weighted by Gasteiger charge is -2.18. The molecule has 0 bridgehead atoms. The largest absolute Gasteiger partial charge is 0.455 e. The first-order chi connectivity index (χ1) is 26.7. The highest BCUT2D eigenvalue weighted by molar-refractivity contribution is 7.25. The Morgan fingerprint density at radius 3 is 1.61 bits per heavy atom. The van der Waals surface area contributed by atoms with E-state index < -0.39 is 0 Å². The maximum atomic E-state index is 6.54. The Kier molecular flexibility index (Phi) is 6.28. The molecule has 2 heteroatoms. The molecule has 0 saturated heterocycles. The van der Waals surface area contributed by atoms with Gasteiger partial charge in [0, 0.05) is 36.3 Å². The van der Waals surface area contributed by atoms with E-state index in [9.17, 15) is 0 Å². The van der Waals surface area contributed by atoms with Crippen LogP contribution in [0.5, 0.6) is 0 Å². The van der Waals surface area contributed by atoms with Crippen molar-refractivity contribution in [2.24, 2.45) is 0 Å². The number of fused-ring (bicyclic) bond motifs is 11. The molecule has 0 aliphatic carbocycles. The van der Waals surface area contributed by atoms with Gasteiger partial charge >= 0.3 is 0 Å². The molecule has 1 nitrogen and oxygen atoms in total. The topological polar surface area (TPSA) is 13.1 Å². The molecule has 0 fully saturated rings. The Bertz CT molecular complexity index is 3450. The second kappa shape index (κ2) is 11.4. The molecule has 0 atom stereocenters. The van der Waals surface area contributed by atoms with E-state index in [1.807, 2.05) is 11.3 Å². The Hall–Kier alpha value is -6.74. The number of thiophene rings is 1. The van der Waals surface area contributed by atoms with Crippen LogP contribution in [0.4, 0.5) is 0 Å². The van der Waals surface area contributed by atoms with Crippen LogP contribution in [0.2, 0.25) is 0 Å². The van der Waals surface area contributed by atoms with Gasteiger partial charge < -0.3 is 4.42 Å². The molecule has 0 amide bonds. The number of rotatable bonds is 3. The van der Waals surface area contributed by atoms with Crippen LogP contribution in [0, 0.1) is 0 Å². The SMILES string of the molecule is c1cc(-c2ccc3c(c2)sc2cc4oc5c6ccccc6ccc5c4cc23)cc(-c2c3ccccc3c(-c3ccc4ccccc4c3)c3ccccc23)c1. The zero-order valence-electron chi connectivity index (χ0n) is 29.1. The van der Waals surface area contributed by atoms with Crippen molar-refractivity contribution in [3.63, 3.8) is 0 Å². The molecule has 250 valence electrons. The minimum absolute atomic E-state index is 0.944. The fourth-order valence-corrected chi connectivity index (χ4v) is 10.1. The molecule has 2 aromatic heterocycles. The summed E-state index contributed by atoms with van der Waals surface area (Å²) in [5.41, 5.74) is 9.38. The average molecular weight is 703 g/mol. The molecular formula is C52H30OS. The molecule has 10 aromatic carbocycles. The van der Waals surface area contributed by atoms with Crippen LogP contribution in [-0.4, -0.2) is 0 Å². The van der Waals surface area contributed by atoms with E-state index in [4.69, 9.17) is 4.42 Å². The van der Waals surface area contributed by atoms with Crippen molar-refractivity contribution in [1.82, 2.24) is 0 Å². The molecule has 0 aliphatic rings. The average Bonchev–Trinajstić information content (AvgIpc) is 3.78. The molecular weight excluding hydrogens is 673 g/mol. The first-order valence-corrected chi connectivity index (χ1v) is 19.3. The maximum Gasteiger partial charge on any atom is 0.143 e. The lowest BCUT2D eigenvalue weighted by atomic mass is 9.85. The summed E-state index contributed by atoms with van der Waals surface area (Å²) in [5, 5.41) is 14.9. The predicted molar refractivity (Wildman–Crippen MR) is 233 cm³/mol. The first-order valence-electron chi connectivity index (χ1n) is 18.5. The Labute approximate surface area is 314 Å². The van der Waals surface area contributed by atoms with Crippen molar-refractivity contribution >= 4 is 96.5 Å².